The third-order valence-corrected chi connectivity index (χ3v) is 5.22. The average Bonchev–Trinajstić information content (AvgIpc) is 2.74. The molecule has 0 fully saturated rings. The predicted molar refractivity (Wildman–Crippen MR) is 122 cm³/mol. The van der Waals surface area contributed by atoms with Crippen LogP contribution in [0.15, 0.2) is 59.1 Å². The van der Waals surface area contributed by atoms with Crippen LogP contribution >= 0.6 is 15.9 Å². The van der Waals surface area contributed by atoms with Gasteiger partial charge in [-0.3, -0.25) is 0 Å². The fourth-order valence-corrected chi connectivity index (χ4v) is 3.61. The molecular formula is C24H23BrFNO4. The molecule has 0 aliphatic heterocycles. The van der Waals surface area contributed by atoms with Gasteiger partial charge in [-0.05, 0) is 82.9 Å². The van der Waals surface area contributed by atoms with Crippen LogP contribution in [-0.2, 0) is 13.2 Å². The zero-order valence-electron chi connectivity index (χ0n) is 17.2. The number of hydrogen-bond donors (Lipinski definition) is 2. The van der Waals surface area contributed by atoms with E-state index in [2.05, 4.69) is 21.2 Å². The summed E-state index contributed by atoms with van der Waals surface area (Å²) in [6.07, 6.45) is 0. The van der Waals surface area contributed by atoms with E-state index in [9.17, 15) is 14.3 Å². The Morgan fingerprint density at radius 3 is 2.48 bits per heavy atom. The van der Waals surface area contributed by atoms with E-state index in [1.54, 1.807) is 30.3 Å². The highest BCUT2D eigenvalue weighted by Gasteiger charge is 2.13. The second-order valence-corrected chi connectivity index (χ2v) is 7.80. The molecule has 0 aliphatic rings. The van der Waals surface area contributed by atoms with Crippen molar-refractivity contribution in [1.29, 1.82) is 0 Å². The van der Waals surface area contributed by atoms with Gasteiger partial charge in [0.1, 0.15) is 12.4 Å². The average molecular weight is 488 g/mol. The lowest BCUT2D eigenvalue weighted by atomic mass is 10.1. The number of carbonyl (C=O) groups is 1. The molecular weight excluding hydrogens is 465 g/mol. The lowest BCUT2D eigenvalue weighted by molar-refractivity contribution is 0.0697. The highest BCUT2D eigenvalue weighted by atomic mass is 79.9. The highest BCUT2D eigenvalue weighted by Crippen LogP contribution is 2.37. The molecule has 5 nitrogen and oxygen atoms in total. The number of carboxylic acid groups (broad SMARTS) is 1. The molecule has 0 aromatic heterocycles. The van der Waals surface area contributed by atoms with Crippen LogP contribution in [0.1, 0.15) is 34.0 Å². The van der Waals surface area contributed by atoms with Crippen molar-refractivity contribution < 1.29 is 23.8 Å². The SMILES string of the molecule is CCOc1cc(CNc2cc(C(=O)O)ccc2C)cc(Br)c1OCc1ccc(F)cc1. The lowest BCUT2D eigenvalue weighted by Gasteiger charge is -2.17. The quantitative estimate of drug-likeness (QED) is 0.376. The second-order valence-electron chi connectivity index (χ2n) is 6.94. The maximum absolute atomic E-state index is 13.1. The van der Waals surface area contributed by atoms with Gasteiger partial charge in [-0.1, -0.05) is 18.2 Å². The Balaban J connectivity index is 1.77. The van der Waals surface area contributed by atoms with E-state index in [-0.39, 0.29) is 18.0 Å². The van der Waals surface area contributed by atoms with E-state index >= 15 is 0 Å². The first-order valence-electron chi connectivity index (χ1n) is 9.77. The minimum Gasteiger partial charge on any atom is -0.490 e. The lowest BCUT2D eigenvalue weighted by Crippen LogP contribution is -2.06. The number of carboxylic acids is 1. The van der Waals surface area contributed by atoms with Crippen LogP contribution in [0.4, 0.5) is 10.1 Å². The summed E-state index contributed by atoms with van der Waals surface area (Å²) in [6, 6.07) is 14.9. The molecule has 0 atom stereocenters. The third kappa shape index (κ3) is 5.98. The fraction of sp³-hybridized carbons (Fsp3) is 0.208. The molecule has 0 saturated heterocycles. The van der Waals surface area contributed by atoms with Gasteiger partial charge < -0.3 is 19.9 Å². The molecule has 0 bridgehead atoms. The maximum Gasteiger partial charge on any atom is 0.335 e. The molecule has 0 saturated carbocycles. The van der Waals surface area contributed by atoms with Crippen LogP contribution in [0.2, 0.25) is 0 Å². The second kappa shape index (κ2) is 10.3. The number of ether oxygens (including phenoxy) is 2. The Bertz CT molecular complexity index is 1070. The molecule has 0 aliphatic carbocycles. The molecule has 7 heteroatoms. The topological polar surface area (TPSA) is 67.8 Å². The molecule has 3 aromatic carbocycles. The van der Waals surface area contributed by atoms with Gasteiger partial charge in [0.2, 0.25) is 0 Å². The summed E-state index contributed by atoms with van der Waals surface area (Å²) < 4.78 is 25.5. The third-order valence-electron chi connectivity index (χ3n) is 4.63. The number of aryl methyl sites for hydroxylation is 1. The van der Waals surface area contributed by atoms with Crippen LogP contribution in [0.3, 0.4) is 0 Å². The number of nitrogens with one attached hydrogen (secondary N) is 1. The number of halogens is 2. The molecule has 0 heterocycles. The van der Waals surface area contributed by atoms with E-state index < -0.39 is 5.97 Å². The van der Waals surface area contributed by atoms with E-state index in [1.165, 1.54) is 12.1 Å². The highest BCUT2D eigenvalue weighted by molar-refractivity contribution is 9.10. The molecule has 0 amide bonds. The van der Waals surface area contributed by atoms with Crippen molar-refractivity contribution in [3.63, 3.8) is 0 Å². The molecule has 3 rings (SSSR count). The Morgan fingerprint density at radius 2 is 1.81 bits per heavy atom. The first kappa shape index (κ1) is 22.6. The smallest absolute Gasteiger partial charge is 0.335 e. The van der Waals surface area contributed by atoms with Crippen LogP contribution in [-0.4, -0.2) is 17.7 Å². The van der Waals surface area contributed by atoms with Crippen LogP contribution in [0, 0.1) is 12.7 Å². The number of anilines is 1. The van der Waals surface area contributed by atoms with Gasteiger partial charge in [0.05, 0.1) is 16.6 Å². The van der Waals surface area contributed by atoms with Crippen LogP contribution < -0.4 is 14.8 Å². The van der Waals surface area contributed by atoms with Crippen LogP contribution in [0.5, 0.6) is 11.5 Å². The maximum atomic E-state index is 13.1. The van der Waals surface area contributed by atoms with Crippen molar-refractivity contribution in [2.75, 3.05) is 11.9 Å². The molecule has 0 unspecified atom stereocenters. The summed E-state index contributed by atoms with van der Waals surface area (Å²) in [5.74, 6) is -0.0984. The van der Waals surface area contributed by atoms with Gasteiger partial charge in [-0.2, -0.15) is 0 Å². The van der Waals surface area contributed by atoms with Crippen molar-refractivity contribution in [3.8, 4) is 11.5 Å². The molecule has 0 radical (unpaired) electrons. The summed E-state index contributed by atoms with van der Waals surface area (Å²) in [5, 5.41) is 12.5. The van der Waals surface area contributed by atoms with E-state index in [4.69, 9.17) is 9.47 Å². The van der Waals surface area contributed by atoms with Crippen molar-refractivity contribution >= 4 is 27.6 Å². The van der Waals surface area contributed by atoms with Gasteiger partial charge in [-0.25, -0.2) is 9.18 Å². The summed E-state index contributed by atoms with van der Waals surface area (Å²) in [6.45, 7) is 5.03. The van der Waals surface area contributed by atoms with Crippen molar-refractivity contribution in [3.05, 3.63) is 87.1 Å². The number of hydrogen-bond acceptors (Lipinski definition) is 4. The van der Waals surface area contributed by atoms with Gasteiger partial charge >= 0.3 is 5.97 Å². The zero-order chi connectivity index (χ0) is 22.4. The Kier molecular flexibility index (Phi) is 7.52. The zero-order valence-corrected chi connectivity index (χ0v) is 18.8. The monoisotopic (exact) mass is 487 g/mol. The summed E-state index contributed by atoms with van der Waals surface area (Å²) in [5.41, 5.74) is 3.72. The van der Waals surface area contributed by atoms with Gasteiger partial charge in [0.15, 0.2) is 11.5 Å². The minimum atomic E-state index is -0.966. The van der Waals surface area contributed by atoms with Gasteiger partial charge in [-0.15, -0.1) is 0 Å². The summed E-state index contributed by atoms with van der Waals surface area (Å²) in [4.78, 5) is 11.2. The van der Waals surface area contributed by atoms with E-state index in [0.29, 0.717) is 24.7 Å². The van der Waals surface area contributed by atoms with E-state index in [0.717, 1.165) is 26.9 Å². The predicted octanol–water partition coefficient (Wildman–Crippen LogP) is 6.18. The molecule has 2 N–H and O–H groups in total. The Labute approximate surface area is 189 Å². The molecule has 31 heavy (non-hydrogen) atoms. The summed E-state index contributed by atoms with van der Waals surface area (Å²) >= 11 is 3.55. The van der Waals surface area contributed by atoms with Crippen molar-refractivity contribution in [2.45, 2.75) is 27.0 Å². The number of benzene rings is 3. The van der Waals surface area contributed by atoms with E-state index in [1.807, 2.05) is 26.0 Å². The van der Waals surface area contributed by atoms with Crippen molar-refractivity contribution in [2.24, 2.45) is 0 Å². The molecule has 3 aromatic rings. The molecule has 162 valence electrons. The van der Waals surface area contributed by atoms with Gasteiger partial charge in [0, 0.05) is 12.2 Å². The standard InChI is InChI=1S/C24H23BrFNO4/c1-3-30-22-11-17(13-27-21-12-18(24(28)29)7-4-15(21)2)10-20(25)23(22)31-14-16-5-8-19(26)9-6-16/h4-12,27H,3,13-14H2,1-2H3,(H,28,29). The fourth-order valence-electron chi connectivity index (χ4n) is 3.01. The largest absolute Gasteiger partial charge is 0.490 e. The minimum absolute atomic E-state index is 0.230. The Hall–Kier alpha value is -3.06. The van der Waals surface area contributed by atoms with Gasteiger partial charge in [0.25, 0.3) is 0 Å². The van der Waals surface area contributed by atoms with Crippen LogP contribution in [0.25, 0.3) is 0 Å². The van der Waals surface area contributed by atoms with Crippen molar-refractivity contribution in [1.82, 2.24) is 0 Å². The normalized spacial score (nSPS) is 10.6. The number of rotatable bonds is 9. The summed E-state index contributed by atoms with van der Waals surface area (Å²) in [7, 11) is 0. The first-order valence-corrected chi connectivity index (χ1v) is 10.6. The number of aromatic carboxylic acids is 1. The Morgan fingerprint density at radius 1 is 1.06 bits per heavy atom. The molecule has 0 spiro atoms. The first-order chi connectivity index (χ1) is 14.9.